The van der Waals surface area contributed by atoms with E-state index in [0.29, 0.717) is 36.0 Å². The first-order valence-electron chi connectivity index (χ1n) is 15.8. The summed E-state index contributed by atoms with van der Waals surface area (Å²) >= 11 is 1.35. The minimum Gasteiger partial charge on any atom is -0.454 e. The topological polar surface area (TPSA) is 78.9 Å². The van der Waals surface area contributed by atoms with Gasteiger partial charge in [0.15, 0.2) is 6.10 Å². The number of hydrogen-bond donors (Lipinski definition) is 0. The Labute approximate surface area is 279 Å². The standard InChI is InChI=1S/C39H39FO6S/c1-25(41)13-11-18-27-21-22-32(24-33(27)30-19-12-20-31(40)23-30)47-38-35(45-37(43)29-16-9-6-10-17-29)34(26(2)39(3,4)46-38)44-36(42)28-14-7-5-8-15-28/h5-10,12,14-17,19-24,26,34-35,38H,11,13,18H2,1-4H3/t26-,34-,35-,38?/m1/s1. The molecule has 1 aliphatic rings. The van der Waals surface area contributed by atoms with Gasteiger partial charge in [-0.15, -0.1) is 0 Å². The molecule has 0 N–H and O–H groups in total. The van der Waals surface area contributed by atoms with Gasteiger partial charge in [-0.2, -0.15) is 0 Å². The lowest BCUT2D eigenvalue weighted by Gasteiger charge is -2.48. The number of halogens is 1. The zero-order valence-electron chi connectivity index (χ0n) is 27.0. The third-order valence-corrected chi connectivity index (χ3v) is 9.67. The van der Waals surface area contributed by atoms with Crippen molar-refractivity contribution in [3.63, 3.8) is 0 Å². The molecule has 0 spiro atoms. The Balaban J connectivity index is 1.51. The van der Waals surface area contributed by atoms with Gasteiger partial charge in [0.05, 0.1) is 16.7 Å². The van der Waals surface area contributed by atoms with Gasteiger partial charge in [0.1, 0.15) is 23.1 Å². The highest BCUT2D eigenvalue weighted by molar-refractivity contribution is 7.99. The van der Waals surface area contributed by atoms with Crippen LogP contribution in [0.3, 0.4) is 0 Å². The Morgan fingerprint density at radius 1 is 0.809 bits per heavy atom. The van der Waals surface area contributed by atoms with E-state index in [9.17, 15) is 18.8 Å². The summed E-state index contributed by atoms with van der Waals surface area (Å²) in [5.74, 6) is -1.65. The third-order valence-electron chi connectivity index (χ3n) is 8.55. The molecule has 4 aromatic carbocycles. The zero-order valence-corrected chi connectivity index (χ0v) is 27.8. The molecule has 1 unspecified atom stereocenters. The van der Waals surface area contributed by atoms with Crippen molar-refractivity contribution in [2.75, 3.05) is 0 Å². The van der Waals surface area contributed by atoms with E-state index in [1.54, 1.807) is 61.5 Å². The number of carbonyl (C=O) groups excluding carboxylic acids is 3. The molecule has 4 aromatic rings. The molecule has 0 amide bonds. The van der Waals surface area contributed by atoms with E-state index in [2.05, 4.69) is 0 Å². The highest BCUT2D eigenvalue weighted by atomic mass is 32.2. The second-order valence-electron chi connectivity index (χ2n) is 12.4. The van der Waals surface area contributed by atoms with E-state index >= 15 is 0 Å². The number of ketones is 1. The predicted molar refractivity (Wildman–Crippen MR) is 181 cm³/mol. The van der Waals surface area contributed by atoms with Crippen molar-refractivity contribution in [3.8, 4) is 11.1 Å². The summed E-state index contributed by atoms with van der Waals surface area (Å²) in [6, 6.07) is 29.7. The van der Waals surface area contributed by atoms with E-state index in [1.165, 1.54) is 23.9 Å². The molecule has 1 fully saturated rings. The highest BCUT2D eigenvalue weighted by Gasteiger charge is 2.52. The van der Waals surface area contributed by atoms with Crippen LogP contribution in [0.15, 0.2) is 108 Å². The molecule has 0 radical (unpaired) electrons. The largest absolute Gasteiger partial charge is 0.454 e. The smallest absolute Gasteiger partial charge is 0.338 e. The summed E-state index contributed by atoms with van der Waals surface area (Å²) < 4.78 is 33.3. The van der Waals surface area contributed by atoms with E-state index in [4.69, 9.17) is 14.2 Å². The SMILES string of the molecule is CC(=O)CCCc1ccc(SC2OC(C)(C)[C@H](C)[C@@H](OC(=O)c3ccccc3)[C@H]2OC(=O)c2ccccc2)cc1-c1cccc(F)c1. The molecule has 8 heteroatoms. The lowest BCUT2D eigenvalue weighted by atomic mass is 9.82. The van der Waals surface area contributed by atoms with Crippen molar-refractivity contribution in [2.45, 2.75) is 75.1 Å². The van der Waals surface area contributed by atoms with E-state index in [-0.39, 0.29) is 17.5 Å². The molecule has 1 aliphatic heterocycles. The van der Waals surface area contributed by atoms with E-state index in [1.807, 2.05) is 57.2 Å². The number of aryl methyl sites for hydroxylation is 1. The van der Waals surface area contributed by atoms with Gasteiger partial charge in [-0.3, -0.25) is 0 Å². The molecule has 6 nitrogen and oxygen atoms in total. The maximum absolute atomic E-state index is 14.4. The van der Waals surface area contributed by atoms with Crippen LogP contribution in [-0.4, -0.2) is 41.0 Å². The van der Waals surface area contributed by atoms with Gasteiger partial charge in [0.2, 0.25) is 0 Å². The molecular formula is C39H39FO6S. The number of rotatable bonds is 11. The van der Waals surface area contributed by atoms with Crippen LogP contribution in [0.5, 0.6) is 0 Å². The van der Waals surface area contributed by atoms with Crippen molar-refractivity contribution in [2.24, 2.45) is 5.92 Å². The van der Waals surface area contributed by atoms with E-state index in [0.717, 1.165) is 16.0 Å². The summed E-state index contributed by atoms with van der Waals surface area (Å²) in [6.45, 7) is 7.36. The summed E-state index contributed by atoms with van der Waals surface area (Å²) in [4.78, 5) is 39.2. The van der Waals surface area contributed by atoms with Crippen LogP contribution in [0.4, 0.5) is 4.39 Å². The molecule has 244 valence electrons. The van der Waals surface area contributed by atoms with Crippen LogP contribution in [0, 0.1) is 11.7 Å². The Morgan fingerprint density at radius 2 is 1.43 bits per heavy atom. The Kier molecular flexibility index (Phi) is 10.9. The molecule has 1 saturated heterocycles. The maximum Gasteiger partial charge on any atom is 0.338 e. The second kappa shape index (κ2) is 15.1. The number of hydrogen-bond acceptors (Lipinski definition) is 7. The van der Waals surface area contributed by atoms with Crippen LogP contribution in [0.25, 0.3) is 11.1 Å². The minimum absolute atomic E-state index is 0.120. The fourth-order valence-electron chi connectivity index (χ4n) is 5.66. The van der Waals surface area contributed by atoms with Crippen LogP contribution in [-0.2, 0) is 25.4 Å². The number of carbonyl (C=O) groups is 3. The Bertz CT molecular complexity index is 1710. The van der Waals surface area contributed by atoms with Gasteiger partial charge in [-0.05, 0) is 98.8 Å². The van der Waals surface area contributed by atoms with Crippen molar-refractivity contribution in [1.29, 1.82) is 0 Å². The van der Waals surface area contributed by atoms with Crippen LogP contribution in [0.1, 0.15) is 66.8 Å². The molecule has 0 aliphatic carbocycles. The van der Waals surface area contributed by atoms with Crippen molar-refractivity contribution >= 4 is 29.5 Å². The molecule has 0 aromatic heterocycles. The molecule has 47 heavy (non-hydrogen) atoms. The van der Waals surface area contributed by atoms with Gasteiger partial charge < -0.3 is 19.0 Å². The van der Waals surface area contributed by atoms with Gasteiger partial charge in [-0.1, -0.05) is 73.3 Å². The zero-order chi connectivity index (χ0) is 33.6. The van der Waals surface area contributed by atoms with Crippen LogP contribution >= 0.6 is 11.8 Å². The van der Waals surface area contributed by atoms with E-state index < -0.39 is 35.2 Å². The average molecular weight is 655 g/mol. The predicted octanol–water partition coefficient (Wildman–Crippen LogP) is 8.72. The molecule has 0 saturated carbocycles. The first-order chi connectivity index (χ1) is 22.5. The number of Topliss-reactive ketones (excluding diaryl/α,β-unsaturated/α-hetero) is 1. The van der Waals surface area contributed by atoms with Gasteiger partial charge >= 0.3 is 11.9 Å². The third kappa shape index (κ3) is 8.56. The first kappa shape index (κ1) is 34.1. The van der Waals surface area contributed by atoms with Crippen molar-refractivity contribution in [1.82, 2.24) is 0 Å². The van der Waals surface area contributed by atoms with Crippen LogP contribution < -0.4 is 0 Å². The van der Waals surface area contributed by atoms with Gasteiger partial charge in [-0.25, -0.2) is 14.0 Å². The Hall–Kier alpha value is -4.27. The monoisotopic (exact) mass is 654 g/mol. The molecule has 4 atom stereocenters. The fraction of sp³-hybridized carbons (Fsp3) is 0.308. The van der Waals surface area contributed by atoms with Crippen LogP contribution in [0.2, 0.25) is 0 Å². The van der Waals surface area contributed by atoms with Gasteiger partial charge in [0, 0.05) is 17.2 Å². The number of thioether (sulfide) groups is 1. The second-order valence-corrected chi connectivity index (χ2v) is 13.5. The number of ether oxygens (including phenoxy) is 3. The van der Waals surface area contributed by atoms with Crippen molar-refractivity contribution < 1.29 is 33.0 Å². The molecule has 5 rings (SSSR count). The number of esters is 2. The summed E-state index contributed by atoms with van der Waals surface area (Å²) in [5.41, 5.74) is 1.78. The fourth-order valence-corrected chi connectivity index (χ4v) is 6.90. The molecule has 1 heterocycles. The summed E-state index contributed by atoms with van der Waals surface area (Å²) in [6.07, 6.45) is -0.00918. The maximum atomic E-state index is 14.4. The lowest BCUT2D eigenvalue weighted by Crippen LogP contribution is -2.59. The molecule has 0 bridgehead atoms. The quantitative estimate of drug-likeness (QED) is 0.150. The molecular weight excluding hydrogens is 615 g/mol. The van der Waals surface area contributed by atoms with Gasteiger partial charge in [0.25, 0.3) is 0 Å². The Morgan fingerprint density at radius 3 is 2.02 bits per heavy atom. The minimum atomic E-state index is -0.962. The number of benzene rings is 4. The van der Waals surface area contributed by atoms with Crippen molar-refractivity contribution in [3.05, 3.63) is 126 Å². The highest BCUT2D eigenvalue weighted by Crippen LogP contribution is 2.44. The lowest BCUT2D eigenvalue weighted by molar-refractivity contribution is -0.205. The normalized spacial score (nSPS) is 20.3. The average Bonchev–Trinajstić information content (AvgIpc) is 3.06. The first-order valence-corrected chi connectivity index (χ1v) is 16.6. The summed E-state index contributed by atoms with van der Waals surface area (Å²) in [7, 11) is 0. The summed E-state index contributed by atoms with van der Waals surface area (Å²) in [5, 5.41) is 0.